The summed E-state index contributed by atoms with van der Waals surface area (Å²) in [4.78, 5) is 0. The van der Waals surface area contributed by atoms with Crippen LogP contribution in [0.2, 0.25) is 0 Å². The number of aliphatic hydroxyl groups is 1. The smallest absolute Gasteiger partial charge is 0.115 e. The number of phenolic OH excluding ortho intramolecular Hbond substituents is 1. The molecule has 2 fully saturated rings. The van der Waals surface area contributed by atoms with Crippen molar-refractivity contribution in [2.75, 3.05) is 0 Å². The van der Waals surface area contributed by atoms with Gasteiger partial charge in [-0.05, 0) is 90.0 Å². The van der Waals surface area contributed by atoms with Gasteiger partial charge < -0.3 is 10.2 Å². The number of hydrogen-bond acceptors (Lipinski definition) is 2. The van der Waals surface area contributed by atoms with E-state index in [2.05, 4.69) is 43.3 Å². The van der Waals surface area contributed by atoms with Crippen LogP contribution < -0.4 is 0 Å². The minimum atomic E-state index is -0.195. The molecule has 3 aliphatic rings. The van der Waals surface area contributed by atoms with Crippen molar-refractivity contribution in [3.05, 3.63) is 65.2 Å². The van der Waals surface area contributed by atoms with Gasteiger partial charge in [-0.2, -0.15) is 0 Å². The number of phenols is 1. The first kappa shape index (κ1) is 16.4. The van der Waals surface area contributed by atoms with E-state index in [1.54, 1.807) is 0 Å². The minimum Gasteiger partial charge on any atom is -0.508 e. The molecule has 5 rings (SSSR count). The zero-order chi connectivity index (χ0) is 17.9. The van der Waals surface area contributed by atoms with Crippen LogP contribution in [0, 0.1) is 17.3 Å². The molecule has 0 aromatic heterocycles. The highest BCUT2D eigenvalue weighted by atomic mass is 16.3. The number of fused-ring (bicyclic) bond motifs is 5. The lowest BCUT2D eigenvalue weighted by Gasteiger charge is -2.51. The Labute approximate surface area is 155 Å². The van der Waals surface area contributed by atoms with E-state index in [1.807, 2.05) is 12.1 Å². The van der Waals surface area contributed by atoms with Crippen LogP contribution in [0.15, 0.2) is 48.5 Å². The summed E-state index contributed by atoms with van der Waals surface area (Å²) in [5.41, 5.74) is 4.23. The lowest BCUT2D eigenvalue weighted by Crippen LogP contribution is -2.45. The predicted molar refractivity (Wildman–Crippen MR) is 103 cm³/mol. The van der Waals surface area contributed by atoms with Crippen molar-refractivity contribution in [3.8, 4) is 5.75 Å². The van der Waals surface area contributed by atoms with Crippen molar-refractivity contribution in [2.45, 2.75) is 57.0 Å². The van der Waals surface area contributed by atoms with Crippen molar-refractivity contribution in [1.82, 2.24) is 0 Å². The molecule has 26 heavy (non-hydrogen) atoms. The maximum absolute atomic E-state index is 11.0. The molecule has 2 unspecified atom stereocenters. The van der Waals surface area contributed by atoms with Gasteiger partial charge in [0.1, 0.15) is 5.75 Å². The summed E-state index contributed by atoms with van der Waals surface area (Å²) in [6.45, 7) is 2.34. The molecule has 0 bridgehead atoms. The third kappa shape index (κ3) is 2.28. The lowest BCUT2D eigenvalue weighted by atomic mass is 9.53. The van der Waals surface area contributed by atoms with E-state index < -0.39 is 0 Å². The second-order valence-corrected chi connectivity index (χ2v) is 9.03. The van der Waals surface area contributed by atoms with E-state index in [9.17, 15) is 10.2 Å². The van der Waals surface area contributed by atoms with Gasteiger partial charge in [0.15, 0.2) is 0 Å². The van der Waals surface area contributed by atoms with Crippen molar-refractivity contribution in [3.63, 3.8) is 0 Å². The maximum atomic E-state index is 11.0. The Balaban J connectivity index is 1.57. The molecule has 2 N–H and O–H groups in total. The number of aliphatic hydroxyl groups excluding tert-OH is 1. The normalized spacial score (nSPS) is 38.3. The highest BCUT2D eigenvalue weighted by molar-refractivity contribution is 5.41. The average Bonchev–Trinajstić information content (AvgIpc) is 2.93. The van der Waals surface area contributed by atoms with E-state index in [1.165, 1.54) is 23.1 Å². The Hall–Kier alpha value is -1.80. The second kappa shape index (κ2) is 5.85. The van der Waals surface area contributed by atoms with Gasteiger partial charge in [-0.25, -0.2) is 0 Å². The topological polar surface area (TPSA) is 40.5 Å². The fraction of sp³-hybridized carbons (Fsp3) is 0.500. The SMILES string of the molecule is C[C@]12CC[C@@H]3c4ccc(O)cc4CC[C@H]3[C@@H]1C(c1ccccc1)CC2O. The third-order valence-electron chi connectivity index (χ3n) is 7.91. The summed E-state index contributed by atoms with van der Waals surface area (Å²) in [5, 5.41) is 20.9. The Morgan fingerprint density at radius 2 is 1.81 bits per heavy atom. The molecule has 0 spiro atoms. The van der Waals surface area contributed by atoms with Gasteiger partial charge in [-0.15, -0.1) is 0 Å². The zero-order valence-corrected chi connectivity index (χ0v) is 15.4. The molecule has 2 saturated carbocycles. The maximum Gasteiger partial charge on any atom is 0.115 e. The highest BCUT2D eigenvalue weighted by Crippen LogP contribution is 2.65. The van der Waals surface area contributed by atoms with E-state index in [0.29, 0.717) is 29.4 Å². The highest BCUT2D eigenvalue weighted by Gasteiger charge is 2.58. The summed E-state index contributed by atoms with van der Waals surface area (Å²) in [6, 6.07) is 16.8. The molecule has 2 aromatic rings. The van der Waals surface area contributed by atoms with Crippen LogP contribution >= 0.6 is 0 Å². The largest absolute Gasteiger partial charge is 0.508 e. The van der Waals surface area contributed by atoms with Crippen LogP contribution in [-0.2, 0) is 6.42 Å². The Kier molecular flexibility index (Phi) is 3.69. The molecule has 0 saturated heterocycles. The Bertz CT molecular complexity index is 814. The number of benzene rings is 2. The van der Waals surface area contributed by atoms with Crippen LogP contribution in [0.5, 0.6) is 5.75 Å². The van der Waals surface area contributed by atoms with Crippen molar-refractivity contribution in [2.24, 2.45) is 17.3 Å². The molecule has 0 aliphatic heterocycles. The summed E-state index contributed by atoms with van der Waals surface area (Å²) in [5.74, 6) is 2.60. The monoisotopic (exact) mass is 348 g/mol. The fourth-order valence-electron chi connectivity index (χ4n) is 6.69. The van der Waals surface area contributed by atoms with E-state index in [-0.39, 0.29) is 11.5 Å². The molecule has 136 valence electrons. The Morgan fingerprint density at radius 3 is 2.62 bits per heavy atom. The molecule has 2 nitrogen and oxygen atoms in total. The fourth-order valence-corrected chi connectivity index (χ4v) is 6.69. The standard InChI is InChI=1S/C24H28O2/c1-24-12-11-19-18-10-8-17(25)13-16(18)7-9-20(19)23(24)21(14-22(24)26)15-5-3-2-4-6-15/h2-6,8,10,13,19-23,25-26H,7,9,11-12,14H2,1H3/t19-,20-,21?,22?,23-,24-/m1/s1. The third-order valence-corrected chi connectivity index (χ3v) is 7.91. The Morgan fingerprint density at radius 1 is 1.00 bits per heavy atom. The first-order valence-corrected chi connectivity index (χ1v) is 10.1. The van der Waals surface area contributed by atoms with Crippen molar-refractivity contribution >= 4 is 0 Å². The molecular formula is C24H28O2. The summed E-state index contributed by atoms with van der Waals surface area (Å²) in [6.07, 6.45) is 5.20. The van der Waals surface area contributed by atoms with E-state index in [0.717, 1.165) is 25.7 Å². The van der Waals surface area contributed by atoms with Gasteiger partial charge >= 0.3 is 0 Å². The van der Waals surface area contributed by atoms with Crippen LogP contribution in [0.25, 0.3) is 0 Å². The lowest BCUT2D eigenvalue weighted by molar-refractivity contribution is -0.0251. The molecule has 0 amide bonds. The van der Waals surface area contributed by atoms with Gasteiger partial charge in [-0.1, -0.05) is 43.3 Å². The predicted octanol–water partition coefficient (Wildman–Crippen LogP) is 5.00. The average molecular weight is 348 g/mol. The first-order chi connectivity index (χ1) is 12.6. The molecule has 0 radical (unpaired) electrons. The number of rotatable bonds is 1. The van der Waals surface area contributed by atoms with Gasteiger partial charge in [0.2, 0.25) is 0 Å². The quantitative estimate of drug-likeness (QED) is 0.761. The summed E-state index contributed by atoms with van der Waals surface area (Å²) in [7, 11) is 0. The number of hydrogen-bond donors (Lipinski definition) is 2. The van der Waals surface area contributed by atoms with Crippen molar-refractivity contribution < 1.29 is 10.2 Å². The minimum absolute atomic E-state index is 0.0378. The van der Waals surface area contributed by atoms with Crippen LogP contribution in [0.3, 0.4) is 0 Å². The number of aromatic hydroxyl groups is 1. The number of aryl methyl sites for hydroxylation is 1. The van der Waals surface area contributed by atoms with Crippen LogP contribution in [-0.4, -0.2) is 16.3 Å². The zero-order valence-electron chi connectivity index (χ0n) is 15.4. The molecule has 2 heteroatoms. The van der Waals surface area contributed by atoms with Crippen molar-refractivity contribution in [1.29, 1.82) is 0 Å². The first-order valence-electron chi connectivity index (χ1n) is 10.1. The summed E-state index contributed by atoms with van der Waals surface area (Å²) >= 11 is 0. The van der Waals surface area contributed by atoms with Gasteiger partial charge in [0.25, 0.3) is 0 Å². The molecule has 0 heterocycles. The molecular weight excluding hydrogens is 320 g/mol. The molecule has 3 aliphatic carbocycles. The van der Waals surface area contributed by atoms with Gasteiger partial charge in [-0.3, -0.25) is 0 Å². The van der Waals surface area contributed by atoms with E-state index >= 15 is 0 Å². The molecule has 2 aromatic carbocycles. The van der Waals surface area contributed by atoms with Gasteiger partial charge in [0.05, 0.1) is 6.10 Å². The van der Waals surface area contributed by atoms with Crippen LogP contribution in [0.4, 0.5) is 0 Å². The second-order valence-electron chi connectivity index (χ2n) is 9.03. The molecule has 6 atom stereocenters. The van der Waals surface area contributed by atoms with Gasteiger partial charge in [0, 0.05) is 0 Å². The van der Waals surface area contributed by atoms with E-state index in [4.69, 9.17) is 0 Å². The summed E-state index contributed by atoms with van der Waals surface area (Å²) < 4.78 is 0. The van der Waals surface area contributed by atoms with Crippen LogP contribution in [0.1, 0.15) is 61.1 Å².